The maximum absolute atomic E-state index is 6.33. The largest absolute Gasteiger partial charge is 0.456 e. The third-order valence-corrected chi connectivity index (χ3v) is 11.6. The smallest absolute Gasteiger partial charge is 0.136 e. The molecule has 52 heavy (non-hydrogen) atoms. The van der Waals surface area contributed by atoms with Crippen LogP contribution in [-0.4, -0.2) is 0 Å². The quantitative estimate of drug-likeness (QED) is 0.172. The van der Waals surface area contributed by atoms with Crippen molar-refractivity contribution < 1.29 is 4.42 Å². The van der Waals surface area contributed by atoms with Crippen LogP contribution in [0, 0.1) is 0 Å². The lowest BCUT2D eigenvalue weighted by molar-refractivity contribution is 0.661. The van der Waals surface area contributed by atoms with Gasteiger partial charge in [0, 0.05) is 16.2 Å². The zero-order chi connectivity index (χ0) is 34.6. The standard InChI is InChI=1S/C51H34O/c1-51(2)45-28-33(35-21-12-15-32-27-44-38-16-10-11-22-47(38)52-48(44)30-43(32)35)23-25-36(45)37-26-24-34(29-46(37)51)50-41-19-8-6-17-39(41)49(31-13-4-3-5-14-31)40-18-7-9-20-42(40)50/h3-30H,1-2H3. The Morgan fingerprint density at radius 2 is 0.904 bits per heavy atom. The van der Waals surface area contributed by atoms with Crippen LogP contribution in [0.1, 0.15) is 25.0 Å². The summed E-state index contributed by atoms with van der Waals surface area (Å²) in [6.07, 6.45) is 0. The molecular formula is C51H34O. The Morgan fingerprint density at radius 3 is 1.58 bits per heavy atom. The molecule has 11 rings (SSSR count). The fourth-order valence-corrected chi connectivity index (χ4v) is 9.16. The molecule has 10 aromatic rings. The second-order valence-electron chi connectivity index (χ2n) is 14.8. The van der Waals surface area contributed by atoms with Crippen LogP contribution < -0.4 is 0 Å². The van der Waals surface area contributed by atoms with Gasteiger partial charge in [-0.05, 0) is 118 Å². The molecule has 1 aliphatic rings. The molecule has 0 amide bonds. The van der Waals surface area contributed by atoms with Crippen molar-refractivity contribution in [3.05, 3.63) is 181 Å². The first-order valence-electron chi connectivity index (χ1n) is 18.2. The predicted molar refractivity (Wildman–Crippen MR) is 220 cm³/mol. The van der Waals surface area contributed by atoms with Crippen LogP contribution in [0.15, 0.2) is 174 Å². The highest BCUT2D eigenvalue weighted by Gasteiger charge is 2.36. The predicted octanol–water partition coefficient (Wildman–Crippen LogP) is 14.4. The Hall–Kier alpha value is -6.44. The van der Waals surface area contributed by atoms with E-state index in [-0.39, 0.29) is 5.41 Å². The number of hydrogen-bond acceptors (Lipinski definition) is 1. The van der Waals surface area contributed by atoms with Gasteiger partial charge in [0.2, 0.25) is 0 Å². The third-order valence-electron chi connectivity index (χ3n) is 11.6. The molecule has 1 nitrogen and oxygen atoms in total. The molecule has 1 aliphatic carbocycles. The van der Waals surface area contributed by atoms with Gasteiger partial charge < -0.3 is 4.42 Å². The summed E-state index contributed by atoms with van der Waals surface area (Å²) in [5, 5.41) is 9.89. The van der Waals surface area contributed by atoms with Crippen LogP contribution in [0.4, 0.5) is 0 Å². The van der Waals surface area contributed by atoms with E-state index in [1.54, 1.807) is 0 Å². The van der Waals surface area contributed by atoms with Crippen molar-refractivity contribution in [1.82, 2.24) is 0 Å². The summed E-state index contributed by atoms with van der Waals surface area (Å²) < 4.78 is 6.33. The molecule has 1 aromatic heterocycles. The molecule has 0 saturated carbocycles. The fourth-order valence-electron chi connectivity index (χ4n) is 9.16. The van der Waals surface area contributed by atoms with Gasteiger partial charge in [-0.15, -0.1) is 0 Å². The Labute approximate surface area is 302 Å². The monoisotopic (exact) mass is 662 g/mol. The van der Waals surface area contributed by atoms with E-state index in [0.717, 1.165) is 21.9 Å². The number of hydrogen-bond donors (Lipinski definition) is 0. The number of rotatable bonds is 3. The summed E-state index contributed by atoms with van der Waals surface area (Å²) in [6.45, 7) is 4.78. The van der Waals surface area contributed by atoms with Crippen LogP contribution in [0.25, 0.3) is 98.8 Å². The topological polar surface area (TPSA) is 13.1 Å². The molecule has 0 unspecified atom stereocenters. The van der Waals surface area contributed by atoms with Gasteiger partial charge in [-0.1, -0.05) is 153 Å². The molecule has 244 valence electrons. The van der Waals surface area contributed by atoms with E-state index in [2.05, 4.69) is 178 Å². The maximum Gasteiger partial charge on any atom is 0.136 e. The second-order valence-corrected chi connectivity index (χ2v) is 14.8. The molecule has 0 fully saturated rings. The van der Waals surface area contributed by atoms with Crippen molar-refractivity contribution in [3.63, 3.8) is 0 Å². The molecule has 0 saturated heterocycles. The molecule has 0 spiro atoms. The number of benzene rings is 9. The number of para-hydroxylation sites is 1. The van der Waals surface area contributed by atoms with Crippen molar-refractivity contribution >= 4 is 54.3 Å². The van der Waals surface area contributed by atoms with Crippen molar-refractivity contribution in [2.24, 2.45) is 0 Å². The van der Waals surface area contributed by atoms with Crippen LogP contribution in [0.2, 0.25) is 0 Å². The van der Waals surface area contributed by atoms with E-state index in [4.69, 9.17) is 4.42 Å². The van der Waals surface area contributed by atoms with Crippen molar-refractivity contribution in [2.45, 2.75) is 19.3 Å². The van der Waals surface area contributed by atoms with E-state index in [9.17, 15) is 0 Å². The summed E-state index contributed by atoms with van der Waals surface area (Å²) in [5.41, 5.74) is 14.6. The van der Waals surface area contributed by atoms with Crippen molar-refractivity contribution in [1.29, 1.82) is 0 Å². The van der Waals surface area contributed by atoms with Crippen molar-refractivity contribution in [2.75, 3.05) is 0 Å². The van der Waals surface area contributed by atoms with Crippen LogP contribution in [0.3, 0.4) is 0 Å². The van der Waals surface area contributed by atoms with Crippen LogP contribution >= 0.6 is 0 Å². The molecule has 9 aromatic carbocycles. The zero-order valence-electron chi connectivity index (χ0n) is 29.1. The fraction of sp³-hybridized carbons (Fsp3) is 0.0588. The third kappa shape index (κ3) is 4.11. The van der Waals surface area contributed by atoms with E-state index < -0.39 is 0 Å². The first-order chi connectivity index (χ1) is 25.5. The van der Waals surface area contributed by atoms with Gasteiger partial charge in [0.05, 0.1) is 0 Å². The lowest BCUT2D eigenvalue weighted by Crippen LogP contribution is -2.15. The molecule has 0 bridgehead atoms. The Kier molecular flexibility index (Phi) is 6.08. The normalized spacial score (nSPS) is 13.3. The minimum Gasteiger partial charge on any atom is -0.456 e. The van der Waals surface area contributed by atoms with E-state index in [0.29, 0.717) is 0 Å². The molecule has 0 atom stereocenters. The molecule has 1 heteroatoms. The Bertz CT molecular complexity index is 3030. The second kappa shape index (κ2) is 10.8. The van der Waals surface area contributed by atoms with E-state index in [1.165, 1.54) is 88.0 Å². The van der Waals surface area contributed by atoms with Gasteiger partial charge >= 0.3 is 0 Å². The summed E-state index contributed by atoms with van der Waals surface area (Å²) in [4.78, 5) is 0. The highest BCUT2D eigenvalue weighted by molar-refractivity contribution is 6.21. The molecule has 0 radical (unpaired) electrons. The average molecular weight is 663 g/mol. The minimum absolute atomic E-state index is 0.178. The summed E-state index contributed by atoms with van der Waals surface area (Å²) in [6, 6.07) is 62.4. The highest BCUT2D eigenvalue weighted by Crippen LogP contribution is 2.52. The Morgan fingerprint density at radius 1 is 0.346 bits per heavy atom. The highest BCUT2D eigenvalue weighted by atomic mass is 16.3. The van der Waals surface area contributed by atoms with E-state index >= 15 is 0 Å². The molecule has 0 aliphatic heterocycles. The minimum atomic E-state index is -0.178. The summed E-state index contributed by atoms with van der Waals surface area (Å²) in [5.74, 6) is 0. The van der Waals surface area contributed by atoms with Gasteiger partial charge in [-0.3, -0.25) is 0 Å². The van der Waals surface area contributed by atoms with Gasteiger partial charge in [0.1, 0.15) is 11.2 Å². The first kappa shape index (κ1) is 29.3. The molecule has 1 heterocycles. The molecular weight excluding hydrogens is 629 g/mol. The summed E-state index contributed by atoms with van der Waals surface area (Å²) in [7, 11) is 0. The van der Waals surface area contributed by atoms with Crippen molar-refractivity contribution in [3.8, 4) is 44.5 Å². The van der Waals surface area contributed by atoms with Gasteiger partial charge in [0.15, 0.2) is 0 Å². The van der Waals surface area contributed by atoms with Crippen LogP contribution in [0.5, 0.6) is 0 Å². The van der Waals surface area contributed by atoms with E-state index in [1.807, 2.05) is 6.07 Å². The lowest BCUT2D eigenvalue weighted by Gasteiger charge is -2.23. The van der Waals surface area contributed by atoms with Crippen LogP contribution in [-0.2, 0) is 5.41 Å². The number of fused-ring (bicyclic) bond motifs is 9. The zero-order valence-corrected chi connectivity index (χ0v) is 29.1. The van der Waals surface area contributed by atoms with Gasteiger partial charge in [0.25, 0.3) is 0 Å². The lowest BCUT2D eigenvalue weighted by atomic mass is 9.80. The average Bonchev–Trinajstić information content (AvgIpc) is 3.66. The van der Waals surface area contributed by atoms with Gasteiger partial charge in [-0.25, -0.2) is 0 Å². The first-order valence-corrected chi connectivity index (χ1v) is 18.2. The molecule has 0 N–H and O–H groups in total. The summed E-state index contributed by atoms with van der Waals surface area (Å²) >= 11 is 0. The van der Waals surface area contributed by atoms with Gasteiger partial charge in [-0.2, -0.15) is 0 Å². The SMILES string of the molecule is CC1(C)c2cc(-c3cccc4cc5c(cc34)oc3ccccc35)ccc2-c2ccc(-c3c4ccccc4c(-c4ccccc4)c4ccccc34)cc21. The maximum atomic E-state index is 6.33. The number of furan rings is 1. The Balaban J connectivity index is 1.07.